The van der Waals surface area contributed by atoms with Gasteiger partial charge in [-0.2, -0.15) is 0 Å². The first-order valence-corrected chi connectivity index (χ1v) is 8.16. The highest BCUT2D eigenvalue weighted by Gasteiger charge is 2.50. The van der Waals surface area contributed by atoms with Gasteiger partial charge in [0.2, 0.25) is 0 Å². The molecular weight excluding hydrogens is 356 g/mol. The van der Waals surface area contributed by atoms with E-state index in [9.17, 15) is 35.7 Å². The van der Waals surface area contributed by atoms with E-state index in [0.717, 1.165) is 0 Å². The van der Waals surface area contributed by atoms with E-state index in [-0.39, 0.29) is 13.2 Å². The van der Waals surface area contributed by atoms with Crippen LogP contribution in [0.3, 0.4) is 0 Å². The Morgan fingerprint density at radius 1 is 0.846 bits per heavy atom. The van der Waals surface area contributed by atoms with Crippen LogP contribution in [0.25, 0.3) is 0 Å². The monoisotopic (exact) mass is 382 g/mol. The molecule has 10 atom stereocenters. The Morgan fingerprint density at radius 3 is 2.15 bits per heavy atom. The number of hydrogen-bond donors (Lipinski definition) is 7. The van der Waals surface area contributed by atoms with Crippen molar-refractivity contribution in [2.75, 3.05) is 19.8 Å². The molecular formula is C15H26O11. The van der Waals surface area contributed by atoms with Crippen LogP contribution in [0.4, 0.5) is 0 Å². The first-order valence-electron chi connectivity index (χ1n) is 8.16. The van der Waals surface area contributed by atoms with Crippen molar-refractivity contribution in [1.82, 2.24) is 0 Å². The number of hydrogen-bond acceptors (Lipinski definition) is 11. The van der Waals surface area contributed by atoms with Crippen LogP contribution < -0.4 is 0 Å². The van der Waals surface area contributed by atoms with E-state index in [4.69, 9.17) is 18.9 Å². The summed E-state index contributed by atoms with van der Waals surface area (Å²) in [6.07, 6.45) is -13.6. The molecule has 0 bridgehead atoms. The first kappa shape index (κ1) is 21.6. The zero-order valence-electron chi connectivity index (χ0n) is 13.9. The lowest BCUT2D eigenvalue weighted by molar-refractivity contribution is -0.355. The van der Waals surface area contributed by atoms with Gasteiger partial charge in [0.15, 0.2) is 12.6 Å². The SMILES string of the molecule is C=CCOC[C@H]1O[C@@H](O[C@H]2[C@H](O)[C@@H](O)[C@@H](O)O[C@@H]2CO)[C@H](O)[C@@H](O)[C@H]1O. The molecule has 0 radical (unpaired) electrons. The molecule has 152 valence electrons. The molecule has 2 saturated heterocycles. The minimum Gasteiger partial charge on any atom is -0.394 e. The summed E-state index contributed by atoms with van der Waals surface area (Å²) in [5, 5.41) is 68.6. The predicted molar refractivity (Wildman–Crippen MR) is 82.5 cm³/mol. The first-order chi connectivity index (χ1) is 12.3. The van der Waals surface area contributed by atoms with Crippen molar-refractivity contribution in [3.8, 4) is 0 Å². The highest BCUT2D eigenvalue weighted by Crippen LogP contribution is 2.28. The van der Waals surface area contributed by atoms with Gasteiger partial charge < -0.3 is 54.7 Å². The normalized spacial score (nSPS) is 46.9. The molecule has 7 N–H and O–H groups in total. The third-order valence-electron chi connectivity index (χ3n) is 4.32. The summed E-state index contributed by atoms with van der Waals surface area (Å²) in [7, 11) is 0. The Morgan fingerprint density at radius 2 is 1.54 bits per heavy atom. The molecule has 2 rings (SSSR count). The predicted octanol–water partition coefficient (Wildman–Crippen LogP) is -4.19. The fourth-order valence-corrected chi connectivity index (χ4v) is 2.82. The Labute approximate surface area is 149 Å². The van der Waals surface area contributed by atoms with Crippen LogP contribution in [0.1, 0.15) is 0 Å². The molecule has 0 aromatic heterocycles. The van der Waals surface area contributed by atoms with Crippen LogP contribution in [-0.2, 0) is 18.9 Å². The molecule has 11 heteroatoms. The Balaban J connectivity index is 2.08. The van der Waals surface area contributed by atoms with Crippen LogP contribution in [0, 0.1) is 0 Å². The smallest absolute Gasteiger partial charge is 0.187 e. The van der Waals surface area contributed by atoms with Gasteiger partial charge in [-0.3, -0.25) is 0 Å². The lowest BCUT2D eigenvalue weighted by Crippen LogP contribution is -2.64. The van der Waals surface area contributed by atoms with Crippen molar-refractivity contribution >= 4 is 0 Å². The van der Waals surface area contributed by atoms with E-state index in [1.807, 2.05) is 0 Å². The molecule has 0 saturated carbocycles. The maximum atomic E-state index is 10.1. The lowest BCUT2D eigenvalue weighted by atomic mass is 9.97. The Bertz CT molecular complexity index is 447. The topological polar surface area (TPSA) is 179 Å². The number of aliphatic hydroxyl groups excluding tert-OH is 7. The molecule has 0 spiro atoms. The summed E-state index contributed by atoms with van der Waals surface area (Å²) in [4.78, 5) is 0. The zero-order valence-corrected chi connectivity index (χ0v) is 13.9. The van der Waals surface area contributed by atoms with Crippen LogP contribution in [0.15, 0.2) is 12.7 Å². The minimum atomic E-state index is -1.73. The van der Waals surface area contributed by atoms with E-state index < -0.39 is 68.0 Å². The third kappa shape index (κ3) is 4.58. The molecule has 0 aromatic carbocycles. The van der Waals surface area contributed by atoms with Crippen LogP contribution in [0.2, 0.25) is 0 Å². The van der Waals surface area contributed by atoms with Crippen LogP contribution >= 0.6 is 0 Å². The second kappa shape index (κ2) is 9.48. The maximum absolute atomic E-state index is 10.1. The van der Waals surface area contributed by atoms with E-state index in [1.54, 1.807) is 0 Å². The molecule has 2 aliphatic heterocycles. The Kier molecular flexibility index (Phi) is 7.88. The highest BCUT2D eigenvalue weighted by atomic mass is 16.7. The Hall–Kier alpha value is -0.700. The van der Waals surface area contributed by atoms with Crippen LogP contribution in [0.5, 0.6) is 0 Å². The third-order valence-corrected chi connectivity index (χ3v) is 4.32. The van der Waals surface area contributed by atoms with Gasteiger partial charge in [-0.1, -0.05) is 6.08 Å². The molecule has 2 heterocycles. The second-order valence-electron chi connectivity index (χ2n) is 6.17. The molecule has 11 nitrogen and oxygen atoms in total. The average Bonchev–Trinajstić information content (AvgIpc) is 2.63. The highest BCUT2D eigenvalue weighted by molar-refractivity contribution is 4.93. The molecule has 2 fully saturated rings. The molecule has 26 heavy (non-hydrogen) atoms. The van der Waals surface area contributed by atoms with Crippen molar-refractivity contribution in [3.05, 3.63) is 12.7 Å². The molecule has 0 unspecified atom stereocenters. The second-order valence-corrected chi connectivity index (χ2v) is 6.17. The summed E-state index contributed by atoms with van der Waals surface area (Å²) in [5.74, 6) is 0. The van der Waals surface area contributed by atoms with Crippen molar-refractivity contribution < 1.29 is 54.7 Å². The number of aliphatic hydroxyl groups is 7. The standard InChI is InChI=1S/C15H26O11/c1-2-3-23-5-7-8(17)9(18)12(21)15(25-7)26-13-6(4-16)24-14(22)11(20)10(13)19/h2,6-22H,1,3-5H2/t6-,7-,8+,9+,10-,11-,12-,13-,14+,15+/m1/s1. The van der Waals surface area contributed by atoms with Gasteiger partial charge in [-0.25, -0.2) is 0 Å². The fourth-order valence-electron chi connectivity index (χ4n) is 2.82. The van der Waals surface area contributed by atoms with Gasteiger partial charge >= 0.3 is 0 Å². The molecule has 0 aliphatic carbocycles. The van der Waals surface area contributed by atoms with Crippen molar-refractivity contribution in [2.24, 2.45) is 0 Å². The lowest BCUT2D eigenvalue weighted by Gasteiger charge is -2.45. The van der Waals surface area contributed by atoms with Gasteiger partial charge in [0, 0.05) is 0 Å². The van der Waals surface area contributed by atoms with E-state index >= 15 is 0 Å². The summed E-state index contributed by atoms with van der Waals surface area (Å²) in [5.41, 5.74) is 0. The van der Waals surface area contributed by atoms with Gasteiger partial charge in [0.05, 0.1) is 19.8 Å². The van der Waals surface area contributed by atoms with E-state index in [2.05, 4.69) is 6.58 Å². The van der Waals surface area contributed by atoms with E-state index in [1.165, 1.54) is 6.08 Å². The van der Waals surface area contributed by atoms with Gasteiger partial charge in [-0.15, -0.1) is 6.58 Å². The largest absolute Gasteiger partial charge is 0.394 e. The van der Waals surface area contributed by atoms with Crippen molar-refractivity contribution in [3.63, 3.8) is 0 Å². The van der Waals surface area contributed by atoms with Crippen LogP contribution in [-0.4, -0.2) is 117 Å². The summed E-state index contributed by atoms with van der Waals surface area (Å²) >= 11 is 0. The molecule has 0 aromatic rings. The zero-order chi connectivity index (χ0) is 19.4. The fraction of sp³-hybridized carbons (Fsp3) is 0.867. The molecule has 2 aliphatic rings. The summed E-state index contributed by atoms with van der Waals surface area (Å²) in [6, 6.07) is 0. The van der Waals surface area contributed by atoms with Crippen molar-refractivity contribution in [1.29, 1.82) is 0 Å². The summed E-state index contributed by atoms with van der Waals surface area (Å²) < 4.78 is 20.9. The van der Waals surface area contributed by atoms with Crippen molar-refractivity contribution in [2.45, 2.75) is 61.4 Å². The van der Waals surface area contributed by atoms with Gasteiger partial charge in [0.25, 0.3) is 0 Å². The minimum absolute atomic E-state index is 0.134. The molecule has 0 amide bonds. The van der Waals surface area contributed by atoms with Gasteiger partial charge in [-0.05, 0) is 0 Å². The summed E-state index contributed by atoms with van der Waals surface area (Å²) in [6.45, 7) is 2.84. The number of ether oxygens (including phenoxy) is 4. The van der Waals surface area contributed by atoms with Gasteiger partial charge in [0.1, 0.15) is 48.8 Å². The number of rotatable bonds is 7. The quantitative estimate of drug-likeness (QED) is 0.168. The maximum Gasteiger partial charge on any atom is 0.187 e. The average molecular weight is 382 g/mol. The van der Waals surface area contributed by atoms with E-state index in [0.29, 0.717) is 0 Å².